The summed E-state index contributed by atoms with van der Waals surface area (Å²) in [7, 11) is 0. The average molecular weight is 303 g/mol. The van der Waals surface area contributed by atoms with Crippen LogP contribution in [-0.4, -0.2) is 15.9 Å². The van der Waals surface area contributed by atoms with Gasteiger partial charge in [-0.25, -0.2) is 4.98 Å². The van der Waals surface area contributed by atoms with Crippen molar-refractivity contribution in [3.05, 3.63) is 77.7 Å². The third-order valence-electron chi connectivity index (χ3n) is 3.52. The molecule has 3 aromatic rings. The van der Waals surface area contributed by atoms with Crippen LogP contribution in [-0.2, 0) is 0 Å². The first kappa shape index (κ1) is 14.9. The summed E-state index contributed by atoms with van der Waals surface area (Å²) in [5.74, 6) is -0.254. The van der Waals surface area contributed by atoms with Gasteiger partial charge in [0.25, 0.3) is 5.91 Å². The largest absolute Gasteiger partial charge is 0.321 e. The fourth-order valence-corrected chi connectivity index (χ4v) is 2.32. The summed E-state index contributed by atoms with van der Waals surface area (Å²) in [5, 5.41) is 2.85. The maximum atomic E-state index is 12.5. The predicted octanol–water partition coefficient (Wildman–Crippen LogP) is 4.01. The van der Waals surface area contributed by atoms with Crippen LogP contribution in [0.4, 0.5) is 5.69 Å². The van der Waals surface area contributed by atoms with Gasteiger partial charge in [0.05, 0.1) is 17.6 Å². The molecule has 0 saturated heterocycles. The minimum Gasteiger partial charge on any atom is -0.321 e. The van der Waals surface area contributed by atoms with Gasteiger partial charge in [-0.05, 0) is 32.0 Å². The lowest BCUT2D eigenvalue weighted by atomic mass is 10.1. The zero-order valence-corrected chi connectivity index (χ0v) is 13.1. The Morgan fingerprint density at radius 2 is 1.78 bits per heavy atom. The summed E-state index contributed by atoms with van der Waals surface area (Å²) >= 11 is 0. The van der Waals surface area contributed by atoms with Gasteiger partial charge in [-0.3, -0.25) is 9.78 Å². The normalized spacial score (nSPS) is 10.3. The number of carbonyl (C=O) groups excluding carboxylic acids is 1. The maximum Gasteiger partial charge on any atom is 0.276 e. The third-order valence-corrected chi connectivity index (χ3v) is 3.52. The van der Waals surface area contributed by atoms with Crippen molar-refractivity contribution in [2.45, 2.75) is 13.8 Å². The zero-order chi connectivity index (χ0) is 16.2. The molecule has 0 bridgehead atoms. The van der Waals surface area contributed by atoms with Gasteiger partial charge in [0.2, 0.25) is 0 Å². The average Bonchev–Trinajstić information content (AvgIpc) is 2.56. The first-order valence-electron chi connectivity index (χ1n) is 7.40. The molecule has 0 radical (unpaired) electrons. The molecule has 0 aliphatic carbocycles. The molecule has 0 aliphatic rings. The van der Waals surface area contributed by atoms with Crippen LogP contribution in [0.2, 0.25) is 0 Å². The molecule has 4 nitrogen and oxygen atoms in total. The van der Waals surface area contributed by atoms with E-state index in [1.165, 1.54) is 0 Å². The van der Waals surface area contributed by atoms with Crippen LogP contribution < -0.4 is 5.32 Å². The summed E-state index contributed by atoms with van der Waals surface area (Å²) in [5.41, 5.74) is 4.46. The van der Waals surface area contributed by atoms with E-state index in [-0.39, 0.29) is 5.91 Å². The van der Waals surface area contributed by atoms with Gasteiger partial charge in [-0.15, -0.1) is 0 Å². The molecule has 0 aliphatic heterocycles. The quantitative estimate of drug-likeness (QED) is 0.795. The standard InChI is InChI=1S/C19H17N3O/c1-13-7-6-8-15(11-13)17-12-20-14(2)18(22-17)19(23)21-16-9-4-3-5-10-16/h3-12H,1-2H3,(H,21,23). The summed E-state index contributed by atoms with van der Waals surface area (Å²) in [6.07, 6.45) is 1.70. The van der Waals surface area contributed by atoms with E-state index in [1.807, 2.05) is 61.5 Å². The summed E-state index contributed by atoms with van der Waals surface area (Å²) < 4.78 is 0. The van der Waals surface area contributed by atoms with E-state index in [9.17, 15) is 4.79 Å². The Hall–Kier alpha value is -3.01. The second kappa shape index (κ2) is 6.40. The highest BCUT2D eigenvalue weighted by Gasteiger charge is 2.14. The number of para-hydroxylation sites is 1. The zero-order valence-electron chi connectivity index (χ0n) is 13.1. The topological polar surface area (TPSA) is 54.9 Å². The van der Waals surface area contributed by atoms with Gasteiger partial charge >= 0.3 is 0 Å². The number of aryl methyl sites for hydroxylation is 2. The highest BCUT2D eigenvalue weighted by Crippen LogP contribution is 2.19. The molecule has 0 atom stereocenters. The molecule has 23 heavy (non-hydrogen) atoms. The molecular formula is C19H17N3O. The van der Waals surface area contributed by atoms with Gasteiger partial charge in [-0.2, -0.15) is 0 Å². The highest BCUT2D eigenvalue weighted by molar-refractivity contribution is 6.03. The molecule has 0 unspecified atom stereocenters. The number of carbonyl (C=O) groups is 1. The lowest BCUT2D eigenvalue weighted by Crippen LogP contribution is -2.16. The van der Waals surface area contributed by atoms with Gasteiger partial charge in [-0.1, -0.05) is 42.0 Å². The molecule has 0 saturated carbocycles. The van der Waals surface area contributed by atoms with E-state index in [4.69, 9.17) is 0 Å². The molecule has 1 N–H and O–H groups in total. The fourth-order valence-electron chi connectivity index (χ4n) is 2.32. The molecule has 1 amide bonds. The summed E-state index contributed by atoms with van der Waals surface area (Å²) in [6, 6.07) is 17.3. The van der Waals surface area contributed by atoms with Gasteiger partial charge in [0, 0.05) is 11.3 Å². The van der Waals surface area contributed by atoms with Crippen molar-refractivity contribution in [1.29, 1.82) is 0 Å². The van der Waals surface area contributed by atoms with Crippen LogP contribution in [0.25, 0.3) is 11.3 Å². The number of aromatic nitrogens is 2. The molecule has 3 rings (SSSR count). The van der Waals surface area contributed by atoms with E-state index in [1.54, 1.807) is 13.1 Å². The van der Waals surface area contributed by atoms with E-state index in [0.717, 1.165) is 16.8 Å². The second-order valence-corrected chi connectivity index (χ2v) is 5.38. The van der Waals surface area contributed by atoms with Crippen LogP contribution in [0.5, 0.6) is 0 Å². The molecule has 0 spiro atoms. The number of rotatable bonds is 3. The molecule has 114 valence electrons. The van der Waals surface area contributed by atoms with Crippen molar-refractivity contribution in [3.8, 4) is 11.3 Å². The van der Waals surface area contributed by atoms with Gasteiger partial charge < -0.3 is 5.32 Å². The summed E-state index contributed by atoms with van der Waals surface area (Å²) in [4.78, 5) is 21.3. The first-order valence-corrected chi connectivity index (χ1v) is 7.40. The smallest absolute Gasteiger partial charge is 0.276 e. The third kappa shape index (κ3) is 3.43. The van der Waals surface area contributed by atoms with E-state index in [0.29, 0.717) is 17.1 Å². The molecule has 4 heteroatoms. The molecule has 0 fully saturated rings. The lowest BCUT2D eigenvalue weighted by molar-refractivity contribution is 0.102. The first-order chi connectivity index (χ1) is 11.1. The Bertz CT molecular complexity index is 844. The number of hydrogen-bond donors (Lipinski definition) is 1. The Kier molecular flexibility index (Phi) is 4.15. The van der Waals surface area contributed by atoms with E-state index >= 15 is 0 Å². The number of anilines is 1. The van der Waals surface area contributed by atoms with E-state index < -0.39 is 0 Å². The van der Waals surface area contributed by atoms with E-state index in [2.05, 4.69) is 15.3 Å². The number of nitrogens with one attached hydrogen (secondary N) is 1. The Labute approximate surface area is 135 Å². The summed E-state index contributed by atoms with van der Waals surface area (Å²) in [6.45, 7) is 3.81. The molecular weight excluding hydrogens is 286 g/mol. The maximum absolute atomic E-state index is 12.5. The van der Waals surface area contributed by atoms with Crippen molar-refractivity contribution in [2.75, 3.05) is 5.32 Å². The van der Waals surface area contributed by atoms with Crippen LogP contribution in [0.15, 0.2) is 60.8 Å². The van der Waals surface area contributed by atoms with Crippen molar-refractivity contribution in [1.82, 2.24) is 9.97 Å². The van der Waals surface area contributed by atoms with Gasteiger partial charge in [0.1, 0.15) is 5.69 Å². The fraction of sp³-hybridized carbons (Fsp3) is 0.105. The Balaban J connectivity index is 1.93. The minimum atomic E-state index is -0.254. The SMILES string of the molecule is Cc1cccc(-c2cnc(C)c(C(=O)Nc3ccccc3)n2)c1. The number of benzene rings is 2. The van der Waals surface area contributed by atoms with Crippen molar-refractivity contribution < 1.29 is 4.79 Å². The monoisotopic (exact) mass is 303 g/mol. The van der Waals surface area contributed by atoms with Crippen molar-refractivity contribution in [2.24, 2.45) is 0 Å². The molecule has 1 heterocycles. The number of amides is 1. The van der Waals surface area contributed by atoms with Crippen LogP contribution >= 0.6 is 0 Å². The van der Waals surface area contributed by atoms with Crippen molar-refractivity contribution in [3.63, 3.8) is 0 Å². The van der Waals surface area contributed by atoms with Crippen LogP contribution in [0, 0.1) is 13.8 Å². The number of hydrogen-bond acceptors (Lipinski definition) is 3. The molecule has 1 aromatic heterocycles. The number of nitrogens with zero attached hydrogens (tertiary/aromatic N) is 2. The van der Waals surface area contributed by atoms with Crippen molar-refractivity contribution >= 4 is 11.6 Å². The molecule has 2 aromatic carbocycles. The van der Waals surface area contributed by atoms with Crippen LogP contribution in [0.1, 0.15) is 21.7 Å². The lowest BCUT2D eigenvalue weighted by Gasteiger charge is -2.09. The highest BCUT2D eigenvalue weighted by atomic mass is 16.1. The Morgan fingerprint density at radius 1 is 1.00 bits per heavy atom. The predicted molar refractivity (Wildman–Crippen MR) is 91.3 cm³/mol. The second-order valence-electron chi connectivity index (χ2n) is 5.38. The minimum absolute atomic E-state index is 0.254. The van der Waals surface area contributed by atoms with Gasteiger partial charge in [0.15, 0.2) is 0 Å². The Morgan fingerprint density at radius 3 is 2.52 bits per heavy atom. The van der Waals surface area contributed by atoms with Crippen LogP contribution in [0.3, 0.4) is 0 Å².